The fraction of sp³-hybridized carbons (Fsp3) is 1.00. The van der Waals surface area contributed by atoms with Crippen molar-refractivity contribution in [1.29, 1.82) is 0 Å². The van der Waals surface area contributed by atoms with Crippen molar-refractivity contribution in [1.82, 2.24) is 10.2 Å². The van der Waals surface area contributed by atoms with Crippen LogP contribution in [-0.2, 0) is 9.47 Å². The summed E-state index contributed by atoms with van der Waals surface area (Å²) >= 11 is 0. The molecule has 0 saturated carbocycles. The molecule has 104 valence electrons. The smallest absolute Gasteiger partial charge is 0.0630 e. The van der Waals surface area contributed by atoms with Crippen LogP contribution in [0.4, 0.5) is 0 Å². The average Bonchev–Trinajstić information content (AvgIpc) is 2.34. The van der Waals surface area contributed by atoms with Crippen LogP contribution in [0.5, 0.6) is 0 Å². The Kier molecular flexibility index (Phi) is 10.9. The minimum atomic E-state index is 0.421. The molecule has 1 N–H and O–H groups in total. The van der Waals surface area contributed by atoms with Gasteiger partial charge in [-0.15, -0.1) is 0 Å². The van der Waals surface area contributed by atoms with Gasteiger partial charge in [0.05, 0.1) is 13.2 Å². The first-order valence-corrected chi connectivity index (χ1v) is 6.63. The summed E-state index contributed by atoms with van der Waals surface area (Å²) in [5.74, 6) is 0. The standard InChI is InChI=1S/C13H30N2O2/c1-6-12(7-2)15(8-9-16-4)13(10-14-3)11-17-5/h12-14H,6-11H2,1-5H3. The Balaban J connectivity index is 4.56. The SMILES string of the molecule is CCC(CC)N(CCOC)C(CNC)COC. The first kappa shape index (κ1) is 16.8. The lowest BCUT2D eigenvalue weighted by molar-refractivity contribution is 0.0375. The number of likely N-dealkylation sites (N-methyl/N-ethyl adjacent to an activating group) is 1. The average molecular weight is 246 g/mol. The number of nitrogens with one attached hydrogen (secondary N) is 1. The molecule has 0 bridgehead atoms. The van der Waals surface area contributed by atoms with Gasteiger partial charge in [0.1, 0.15) is 0 Å². The van der Waals surface area contributed by atoms with E-state index in [0.29, 0.717) is 12.1 Å². The van der Waals surface area contributed by atoms with Crippen molar-refractivity contribution in [3.8, 4) is 0 Å². The Bertz CT molecular complexity index is 157. The van der Waals surface area contributed by atoms with Gasteiger partial charge < -0.3 is 14.8 Å². The van der Waals surface area contributed by atoms with Crippen LogP contribution < -0.4 is 5.32 Å². The number of hydrogen-bond donors (Lipinski definition) is 1. The van der Waals surface area contributed by atoms with E-state index in [4.69, 9.17) is 9.47 Å². The topological polar surface area (TPSA) is 33.7 Å². The van der Waals surface area contributed by atoms with Crippen LogP contribution in [0.2, 0.25) is 0 Å². The van der Waals surface area contributed by atoms with Gasteiger partial charge in [0.2, 0.25) is 0 Å². The van der Waals surface area contributed by atoms with E-state index in [2.05, 4.69) is 24.1 Å². The second-order valence-electron chi connectivity index (χ2n) is 4.37. The summed E-state index contributed by atoms with van der Waals surface area (Å²) in [5.41, 5.74) is 0. The van der Waals surface area contributed by atoms with Crippen molar-refractivity contribution >= 4 is 0 Å². The molecule has 0 aromatic rings. The molecule has 0 rings (SSSR count). The molecule has 0 fully saturated rings. The predicted octanol–water partition coefficient (Wildman–Crippen LogP) is 1.36. The molecule has 0 aliphatic carbocycles. The third-order valence-corrected chi connectivity index (χ3v) is 3.23. The second-order valence-corrected chi connectivity index (χ2v) is 4.37. The van der Waals surface area contributed by atoms with E-state index in [1.54, 1.807) is 14.2 Å². The predicted molar refractivity (Wildman–Crippen MR) is 72.5 cm³/mol. The van der Waals surface area contributed by atoms with Gasteiger partial charge >= 0.3 is 0 Å². The minimum Gasteiger partial charge on any atom is -0.383 e. The highest BCUT2D eigenvalue weighted by molar-refractivity contribution is 4.79. The minimum absolute atomic E-state index is 0.421. The molecule has 1 atom stereocenters. The highest BCUT2D eigenvalue weighted by Crippen LogP contribution is 2.12. The lowest BCUT2D eigenvalue weighted by Crippen LogP contribution is -2.50. The zero-order valence-corrected chi connectivity index (χ0v) is 12.2. The number of hydrogen-bond acceptors (Lipinski definition) is 4. The van der Waals surface area contributed by atoms with Crippen molar-refractivity contribution in [2.45, 2.75) is 38.8 Å². The fourth-order valence-corrected chi connectivity index (χ4v) is 2.32. The third-order valence-electron chi connectivity index (χ3n) is 3.23. The van der Waals surface area contributed by atoms with Crippen LogP contribution >= 0.6 is 0 Å². The van der Waals surface area contributed by atoms with Gasteiger partial charge in [-0.25, -0.2) is 0 Å². The molecule has 0 amide bonds. The Morgan fingerprint density at radius 1 is 1.06 bits per heavy atom. The maximum Gasteiger partial charge on any atom is 0.0630 e. The van der Waals surface area contributed by atoms with Crippen LogP contribution in [0.15, 0.2) is 0 Å². The molecule has 0 aliphatic heterocycles. The molecule has 0 aromatic heterocycles. The molecule has 0 aromatic carbocycles. The van der Waals surface area contributed by atoms with Gasteiger partial charge in [0.25, 0.3) is 0 Å². The van der Waals surface area contributed by atoms with Gasteiger partial charge in [-0.1, -0.05) is 13.8 Å². The molecule has 17 heavy (non-hydrogen) atoms. The van der Waals surface area contributed by atoms with Crippen LogP contribution in [-0.4, -0.2) is 64.6 Å². The van der Waals surface area contributed by atoms with E-state index >= 15 is 0 Å². The van der Waals surface area contributed by atoms with Gasteiger partial charge in [-0.05, 0) is 19.9 Å². The van der Waals surface area contributed by atoms with E-state index in [9.17, 15) is 0 Å². The lowest BCUT2D eigenvalue weighted by Gasteiger charge is -2.37. The molecule has 0 heterocycles. The molecule has 4 heteroatoms. The zero-order chi connectivity index (χ0) is 13.1. The maximum absolute atomic E-state index is 5.33. The highest BCUT2D eigenvalue weighted by atomic mass is 16.5. The molecular formula is C13H30N2O2. The Labute approximate surface area is 107 Å². The van der Waals surface area contributed by atoms with E-state index in [-0.39, 0.29) is 0 Å². The number of rotatable bonds is 11. The quantitative estimate of drug-likeness (QED) is 0.597. The van der Waals surface area contributed by atoms with Crippen molar-refractivity contribution in [2.24, 2.45) is 0 Å². The van der Waals surface area contributed by atoms with Gasteiger partial charge in [0.15, 0.2) is 0 Å². The number of nitrogens with zero attached hydrogens (tertiary/aromatic N) is 1. The molecule has 1 unspecified atom stereocenters. The summed E-state index contributed by atoms with van der Waals surface area (Å²) in [6.07, 6.45) is 2.34. The fourth-order valence-electron chi connectivity index (χ4n) is 2.32. The normalized spacial score (nSPS) is 13.6. The Hall–Kier alpha value is -0.160. The summed E-state index contributed by atoms with van der Waals surface area (Å²) in [6, 6.07) is 1.03. The van der Waals surface area contributed by atoms with E-state index in [1.165, 1.54) is 12.8 Å². The first-order chi connectivity index (χ1) is 8.24. The summed E-state index contributed by atoms with van der Waals surface area (Å²) in [4.78, 5) is 2.52. The van der Waals surface area contributed by atoms with Crippen LogP contribution in [0, 0.1) is 0 Å². The van der Waals surface area contributed by atoms with Crippen molar-refractivity contribution in [3.05, 3.63) is 0 Å². The summed E-state index contributed by atoms with van der Waals surface area (Å²) in [7, 11) is 5.52. The first-order valence-electron chi connectivity index (χ1n) is 6.63. The van der Waals surface area contributed by atoms with Gasteiger partial charge in [-0.2, -0.15) is 0 Å². The monoisotopic (exact) mass is 246 g/mol. The second kappa shape index (κ2) is 11.0. The summed E-state index contributed by atoms with van der Waals surface area (Å²) in [5, 5.41) is 3.25. The van der Waals surface area contributed by atoms with Crippen molar-refractivity contribution < 1.29 is 9.47 Å². The summed E-state index contributed by atoms with van der Waals surface area (Å²) < 4.78 is 10.5. The number of ether oxygens (including phenoxy) is 2. The molecule has 4 nitrogen and oxygen atoms in total. The van der Waals surface area contributed by atoms with Gasteiger partial charge in [0, 0.05) is 39.4 Å². The van der Waals surface area contributed by atoms with E-state index < -0.39 is 0 Å². The maximum atomic E-state index is 5.33. The van der Waals surface area contributed by atoms with Crippen molar-refractivity contribution in [2.75, 3.05) is 47.6 Å². The van der Waals surface area contributed by atoms with Gasteiger partial charge in [-0.3, -0.25) is 4.90 Å². The summed E-state index contributed by atoms with van der Waals surface area (Å²) in [6.45, 7) is 7.96. The molecule has 0 radical (unpaired) electrons. The lowest BCUT2D eigenvalue weighted by atomic mass is 10.1. The Morgan fingerprint density at radius 3 is 2.12 bits per heavy atom. The molecule has 0 aliphatic rings. The highest BCUT2D eigenvalue weighted by Gasteiger charge is 2.23. The van der Waals surface area contributed by atoms with Crippen molar-refractivity contribution in [3.63, 3.8) is 0 Å². The van der Waals surface area contributed by atoms with Crippen LogP contribution in [0.25, 0.3) is 0 Å². The number of methoxy groups -OCH3 is 2. The van der Waals surface area contributed by atoms with Crippen LogP contribution in [0.1, 0.15) is 26.7 Å². The largest absolute Gasteiger partial charge is 0.383 e. The molecular weight excluding hydrogens is 216 g/mol. The Morgan fingerprint density at radius 2 is 1.71 bits per heavy atom. The van der Waals surface area contributed by atoms with E-state index in [0.717, 1.165) is 26.3 Å². The van der Waals surface area contributed by atoms with E-state index in [1.807, 2.05) is 7.05 Å². The molecule has 0 saturated heterocycles. The van der Waals surface area contributed by atoms with Crippen LogP contribution in [0.3, 0.4) is 0 Å². The third kappa shape index (κ3) is 6.36. The zero-order valence-electron chi connectivity index (χ0n) is 12.2. The molecule has 0 spiro atoms.